The lowest BCUT2D eigenvalue weighted by molar-refractivity contribution is 0.0299. The largest absolute Gasteiger partial charge is 0.493 e. The molecule has 0 radical (unpaired) electrons. The van der Waals surface area contributed by atoms with Gasteiger partial charge in [-0.15, -0.1) is 0 Å². The first-order chi connectivity index (χ1) is 14.8. The first-order valence-corrected chi connectivity index (χ1v) is 10.4. The Kier molecular flexibility index (Phi) is 7.30. The molecule has 0 spiro atoms. The normalized spacial score (nSPS) is 16.1. The number of methoxy groups -OCH3 is 3. The molecule has 0 amide bonds. The van der Waals surface area contributed by atoms with Gasteiger partial charge in [0, 0.05) is 37.3 Å². The Balaban J connectivity index is 1.87. The number of benzene rings is 2. The molecule has 0 unspecified atom stereocenters. The van der Waals surface area contributed by atoms with E-state index in [4.69, 9.17) is 18.9 Å². The summed E-state index contributed by atoms with van der Waals surface area (Å²) in [6.45, 7) is 5.13. The molecule has 7 nitrogen and oxygen atoms in total. The van der Waals surface area contributed by atoms with E-state index in [9.17, 15) is 5.11 Å². The van der Waals surface area contributed by atoms with Crippen molar-refractivity contribution in [1.82, 2.24) is 9.80 Å². The second-order valence-electron chi connectivity index (χ2n) is 8.39. The molecule has 1 aliphatic heterocycles. The third kappa shape index (κ3) is 5.23. The summed E-state index contributed by atoms with van der Waals surface area (Å²) in [6.07, 6.45) is 0. The third-order valence-corrected chi connectivity index (χ3v) is 5.55. The number of rotatable bonds is 8. The summed E-state index contributed by atoms with van der Waals surface area (Å²) >= 11 is 0. The molecule has 7 heteroatoms. The number of likely N-dealkylation sites (N-methyl/N-ethyl adjacent to an activating group) is 1. The van der Waals surface area contributed by atoms with Crippen molar-refractivity contribution in [2.75, 3.05) is 55.1 Å². The highest BCUT2D eigenvalue weighted by molar-refractivity contribution is 5.55. The predicted molar refractivity (Wildman–Crippen MR) is 120 cm³/mol. The molecule has 0 fully saturated rings. The summed E-state index contributed by atoms with van der Waals surface area (Å²) in [5.41, 5.74) is 2.02. The minimum atomic E-state index is -0.942. The van der Waals surface area contributed by atoms with Gasteiger partial charge in [0.05, 0.1) is 26.9 Å². The van der Waals surface area contributed by atoms with Gasteiger partial charge >= 0.3 is 0 Å². The van der Waals surface area contributed by atoms with Gasteiger partial charge in [-0.2, -0.15) is 0 Å². The van der Waals surface area contributed by atoms with Crippen molar-refractivity contribution >= 4 is 0 Å². The zero-order chi connectivity index (χ0) is 22.6. The second-order valence-corrected chi connectivity index (χ2v) is 8.39. The lowest BCUT2D eigenvalue weighted by Gasteiger charge is -2.28. The van der Waals surface area contributed by atoms with Gasteiger partial charge in [0.1, 0.15) is 12.4 Å². The van der Waals surface area contributed by atoms with Crippen molar-refractivity contribution in [3.8, 4) is 23.0 Å². The zero-order valence-electron chi connectivity index (χ0n) is 19.4. The van der Waals surface area contributed by atoms with Crippen molar-refractivity contribution in [2.45, 2.75) is 25.6 Å². The van der Waals surface area contributed by atoms with Gasteiger partial charge in [0.2, 0.25) is 5.75 Å². The Bertz CT molecular complexity index is 898. The van der Waals surface area contributed by atoms with Crippen LogP contribution in [0.1, 0.15) is 23.6 Å². The van der Waals surface area contributed by atoms with Crippen LogP contribution < -0.4 is 18.9 Å². The maximum atomic E-state index is 11.0. The summed E-state index contributed by atoms with van der Waals surface area (Å²) < 4.78 is 22.6. The molecule has 0 aromatic heterocycles. The fourth-order valence-electron chi connectivity index (χ4n) is 4.15. The Hall–Kier alpha value is -2.48. The summed E-state index contributed by atoms with van der Waals surface area (Å²) in [4.78, 5) is 4.29. The van der Waals surface area contributed by atoms with Crippen molar-refractivity contribution in [3.05, 3.63) is 47.0 Å². The maximum Gasteiger partial charge on any atom is 0.203 e. The van der Waals surface area contributed by atoms with Crippen molar-refractivity contribution in [3.63, 3.8) is 0 Å². The number of fused-ring (bicyclic) bond motifs is 1. The highest BCUT2D eigenvalue weighted by Crippen LogP contribution is 2.40. The number of nitrogens with zero attached hydrogens (tertiary/aromatic N) is 2. The van der Waals surface area contributed by atoms with E-state index < -0.39 is 5.60 Å². The van der Waals surface area contributed by atoms with Gasteiger partial charge in [-0.1, -0.05) is 12.1 Å². The second kappa shape index (κ2) is 9.77. The summed E-state index contributed by atoms with van der Waals surface area (Å²) in [5, 5.41) is 11.0. The van der Waals surface area contributed by atoms with Gasteiger partial charge < -0.3 is 29.0 Å². The minimum Gasteiger partial charge on any atom is -0.493 e. The standard InChI is InChI=1S/C24H34N2O5/c1-24(27,16-25(2)3)19-8-10-20-18(13-19)15-26(11-12-31-20)14-17-7-9-21(28-4)23(30-6)22(17)29-5/h7-10,13,27H,11-12,14-16H2,1-6H3/t24-/m1/s1. The molecule has 31 heavy (non-hydrogen) atoms. The van der Waals surface area contributed by atoms with Crippen LogP contribution in [0.3, 0.4) is 0 Å². The lowest BCUT2D eigenvalue weighted by atomic mass is 9.93. The Morgan fingerprint density at radius 1 is 1.06 bits per heavy atom. The molecule has 0 aliphatic carbocycles. The Morgan fingerprint density at radius 3 is 2.45 bits per heavy atom. The van der Waals surface area contributed by atoms with Gasteiger partial charge in [-0.25, -0.2) is 0 Å². The van der Waals surface area contributed by atoms with E-state index in [-0.39, 0.29) is 0 Å². The maximum absolute atomic E-state index is 11.0. The van der Waals surface area contributed by atoms with Crippen LogP contribution in [0, 0.1) is 0 Å². The summed E-state index contributed by atoms with van der Waals surface area (Å²) in [5.74, 6) is 2.78. The number of ether oxygens (including phenoxy) is 4. The third-order valence-electron chi connectivity index (χ3n) is 5.55. The molecule has 1 heterocycles. The smallest absolute Gasteiger partial charge is 0.203 e. The molecular formula is C24H34N2O5. The van der Waals surface area contributed by atoms with E-state index in [1.165, 1.54) is 0 Å². The summed E-state index contributed by atoms with van der Waals surface area (Å²) in [6, 6.07) is 9.88. The monoisotopic (exact) mass is 430 g/mol. The average molecular weight is 431 g/mol. The molecule has 170 valence electrons. The predicted octanol–water partition coefficient (Wildman–Crippen LogP) is 2.88. The van der Waals surface area contributed by atoms with Crippen LogP contribution in [-0.2, 0) is 18.7 Å². The van der Waals surface area contributed by atoms with Crippen LogP contribution in [0.4, 0.5) is 0 Å². The minimum absolute atomic E-state index is 0.541. The molecule has 0 saturated carbocycles. The molecule has 1 atom stereocenters. The molecular weight excluding hydrogens is 396 g/mol. The molecule has 1 N–H and O–H groups in total. The Labute approximate surface area is 185 Å². The van der Waals surface area contributed by atoms with Crippen LogP contribution >= 0.6 is 0 Å². The lowest BCUT2D eigenvalue weighted by Crippen LogP contribution is -2.34. The highest BCUT2D eigenvalue weighted by atomic mass is 16.5. The topological polar surface area (TPSA) is 63.6 Å². The highest BCUT2D eigenvalue weighted by Gasteiger charge is 2.26. The quantitative estimate of drug-likeness (QED) is 0.691. The van der Waals surface area contributed by atoms with E-state index in [1.807, 2.05) is 50.2 Å². The van der Waals surface area contributed by atoms with Gasteiger partial charge in [-0.05, 0) is 44.8 Å². The van der Waals surface area contributed by atoms with Gasteiger partial charge in [0.15, 0.2) is 11.5 Å². The molecule has 1 aliphatic rings. The van der Waals surface area contributed by atoms with E-state index in [0.717, 1.165) is 29.0 Å². The summed E-state index contributed by atoms with van der Waals surface area (Å²) in [7, 11) is 8.78. The van der Waals surface area contributed by atoms with Crippen LogP contribution in [-0.4, -0.2) is 70.0 Å². The first kappa shape index (κ1) is 23.2. The zero-order valence-corrected chi connectivity index (χ0v) is 19.4. The SMILES string of the molecule is COc1ccc(CN2CCOc3ccc([C@](C)(O)CN(C)C)cc3C2)c(OC)c1OC. The van der Waals surface area contributed by atoms with Crippen LogP contribution in [0.5, 0.6) is 23.0 Å². The van der Waals surface area contributed by atoms with Gasteiger partial charge in [0.25, 0.3) is 0 Å². The van der Waals surface area contributed by atoms with E-state index in [0.29, 0.717) is 43.5 Å². The average Bonchev–Trinajstić information content (AvgIpc) is 2.93. The fraction of sp³-hybridized carbons (Fsp3) is 0.500. The first-order valence-electron chi connectivity index (χ1n) is 10.4. The molecule has 3 rings (SSSR count). The van der Waals surface area contributed by atoms with Crippen molar-refractivity contribution < 1.29 is 24.1 Å². The molecule has 0 bridgehead atoms. The molecule has 2 aromatic carbocycles. The van der Waals surface area contributed by atoms with E-state index >= 15 is 0 Å². The number of aliphatic hydroxyl groups is 1. The van der Waals surface area contributed by atoms with Crippen molar-refractivity contribution in [1.29, 1.82) is 0 Å². The van der Waals surface area contributed by atoms with Crippen LogP contribution in [0.2, 0.25) is 0 Å². The van der Waals surface area contributed by atoms with Crippen molar-refractivity contribution in [2.24, 2.45) is 0 Å². The number of hydrogen-bond donors (Lipinski definition) is 1. The molecule has 2 aromatic rings. The molecule has 0 saturated heterocycles. The Morgan fingerprint density at radius 2 is 1.81 bits per heavy atom. The van der Waals surface area contributed by atoms with E-state index in [2.05, 4.69) is 11.0 Å². The van der Waals surface area contributed by atoms with E-state index in [1.54, 1.807) is 21.3 Å². The van der Waals surface area contributed by atoms with Gasteiger partial charge in [-0.3, -0.25) is 4.90 Å². The van der Waals surface area contributed by atoms with Crippen LogP contribution in [0.15, 0.2) is 30.3 Å². The van der Waals surface area contributed by atoms with Crippen LogP contribution in [0.25, 0.3) is 0 Å². The fourth-order valence-corrected chi connectivity index (χ4v) is 4.15. The number of hydrogen-bond acceptors (Lipinski definition) is 7.